The predicted molar refractivity (Wildman–Crippen MR) is 103 cm³/mol. The number of anilines is 1. The first kappa shape index (κ1) is 22.0. The summed E-state index contributed by atoms with van der Waals surface area (Å²) in [6.07, 6.45) is 1.18. The van der Waals surface area contributed by atoms with Crippen LogP contribution < -0.4 is 10.6 Å². The highest BCUT2D eigenvalue weighted by Crippen LogP contribution is 2.26. The number of carboxylic acids is 1. The second kappa shape index (κ2) is 9.57. The van der Waals surface area contributed by atoms with Gasteiger partial charge in [-0.3, -0.25) is 14.4 Å². The normalized spacial score (nSPS) is 11.3. The molecule has 0 unspecified atom stereocenters. The summed E-state index contributed by atoms with van der Waals surface area (Å²) in [5.41, 5.74) is -0.341. The summed E-state index contributed by atoms with van der Waals surface area (Å²) in [5.74, 6) is -1.33. The minimum atomic E-state index is -1.01. The second-order valence-electron chi connectivity index (χ2n) is 6.82. The Bertz CT molecular complexity index is 670. The first-order valence-electron chi connectivity index (χ1n) is 8.76. The number of aliphatic carboxylic acids is 1. The van der Waals surface area contributed by atoms with Gasteiger partial charge in [-0.15, -0.1) is 0 Å². The van der Waals surface area contributed by atoms with Gasteiger partial charge in [-0.2, -0.15) is 0 Å². The van der Waals surface area contributed by atoms with Crippen molar-refractivity contribution in [3.8, 4) is 0 Å². The van der Waals surface area contributed by atoms with Crippen LogP contribution in [0.25, 0.3) is 0 Å². The largest absolute Gasteiger partial charge is 0.481 e. The Morgan fingerprint density at radius 3 is 2.31 bits per heavy atom. The topological polar surface area (TPSA) is 95.5 Å². The van der Waals surface area contributed by atoms with Gasteiger partial charge in [-0.1, -0.05) is 39.3 Å². The van der Waals surface area contributed by atoms with Crippen LogP contribution in [0, 0.1) is 11.3 Å². The number of halogens is 1. The minimum absolute atomic E-state index is 0.00836. The molecule has 0 aromatic heterocycles. The molecule has 144 valence electrons. The quantitative estimate of drug-likeness (QED) is 0.602. The summed E-state index contributed by atoms with van der Waals surface area (Å²) in [6.45, 7) is 7.45. The van der Waals surface area contributed by atoms with Crippen LogP contribution in [0.2, 0.25) is 5.02 Å². The fourth-order valence-electron chi connectivity index (χ4n) is 2.58. The Kier molecular flexibility index (Phi) is 8.08. The van der Waals surface area contributed by atoms with Gasteiger partial charge in [0.15, 0.2) is 0 Å². The number of carbonyl (C=O) groups is 3. The summed E-state index contributed by atoms with van der Waals surface area (Å²) in [7, 11) is 0. The number of hydrogen-bond donors (Lipinski definition) is 3. The van der Waals surface area contributed by atoms with E-state index in [1.807, 2.05) is 13.8 Å². The fourth-order valence-corrected chi connectivity index (χ4v) is 2.79. The Labute approximate surface area is 159 Å². The Morgan fingerprint density at radius 1 is 1.19 bits per heavy atom. The molecule has 26 heavy (non-hydrogen) atoms. The van der Waals surface area contributed by atoms with Gasteiger partial charge >= 0.3 is 5.97 Å². The molecular formula is C19H27ClN2O4. The van der Waals surface area contributed by atoms with Gasteiger partial charge in [-0.25, -0.2) is 0 Å². The van der Waals surface area contributed by atoms with Crippen molar-refractivity contribution >= 4 is 35.1 Å². The van der Waals surface area contributed by atoms with Crippen molar-refractivity contribution in [3.63, 3.8) is 0 Å². The maximum absolute atomic E-state index is 12.5. The van der Waals surface area contributed by atoms with E-state index in [9.17, 15) is 19.5 Å². The fraction of sp³-hybridized carbons (Fsp3) is 0.526. The van der Waals surface area contributed by atoms with E-state index >= 15 is 0 Å². The molecule has 0 aliphatic rings. The number of carboxylic acid groups (broad SMARTS) is 1. The highest BCUT2D eigenvalue weighted by atomic mass is 35.5. The Morgan fingerprint density at radius 2 is 1.81 bits per heavy atom. The van der Waals surface area contributed by atoms with Crippen molar-refractivity contribution in [3.05, 3.63) is 28.8 Å². The van der Waals surface area contributed by atoms with Crippen LogP contribution >= 0.6 is 11.6 Å². The van der Waals surface area contributed by atoms with Gasteiger partial charge < -0.3 is 15.7 Å². The van der Waals surface area contributed by atoms with Crippen molar-refractivity contribution in [2.24, 2.45) is 11.3 Å². The van der Waals surface area contributed by atoms with E-state index in [1.165, 1.54) is 12.1 Å². The summed E-state index contributed by atoms with van der Waals surface area (Å²) in [5, 5.41) is 15.1. The molecule has 0 radical (unpaired) electrons. The van der Waals surface area contributed by atoms with Crippen LogP contribution in [0.1, 0.15) is 57.3 Å². The third-order valence-electron chi connectivity index (χ3n) is 4.48. The summed E-state index contributed by atoms with van der Waals surface area (Å²) in [6, 6.07) is 4.65. The molecule has 1 rings (SSSR count). The van der Waals surface area contributed by atoms with Crippen LogP contribution in [0.3, 0.4) is 0 Å². The van der Waals surface area contributed by atoms with Crippen LogP contribution in [0.15, 0.2) is 18.2 Å². The molecule has 7 heteroatoms. The zero-order valence-corrected chi connectivity index (χ0v) is 16.4. The third kappa shape index (κ3) is 5.73. The summed E-state index contributed by atoms with van der Waals surface area (Å²) >= 11 is 6.10. The monoisotopic (exact) mass is 382 g/mol. The number of rotatable bonds is 9. The molecule has 0 atom stereocenters. The molecule has 0 heterocycles. The van der Waals surface area contributed by atoms with E-state index in [2.05, 4.69) is 10.6 Å². The number of amides is 2. The van der Waals surface area contributed by atoms with Crippen molar-refractivity contribution in [2.75, 3.05) is 11.9 Å². The molecule has 6 nitrogen and oxygen atoms in total. The number of benzene rings is 1. The lowest BCUT2D eigenvalue weighted by molar-refractivity contribution is -0.149. The lowest BCUT2D eigenvalue weighted by atomic mass is 9.82. The number of carbonyl (C=O) groups excluding carboxylic acids is 2. The van der Waals surface area contributed by atoms with Gasteiger partial charge in [-0.05, 0) is 37.0 Å². The average molecular weight is 383 g/mol. The lowest BCUT2D eigenvalue weighted by Crippen LogP contribution is -2.42. The lowest BCUT2D eigenvalue weighted by Gasteiger charge is -2.27. The highest BCUT2D eigenvalue weighted by Gasteiger charge is 2.35. The molecule has 0 bridgehead atoms. The Hall–Kier alpha value is -2.08. The molecule has 0 spiro atoms. The van der Waals surface area contributed by atoms with E-state index in [0.29, 0.717) is 24.9 Å². The van der Waals surface area contributed by atoms with Crippen LogP contribution in [-0.4, -0.2) is 29.4 Å². The van der Waals surface area contributed by atoms with Crippen molar-refractivity contribution in [1.29, 1.82) is 0 Å². The second-order valence-corrected chi connectivity index (χ2v) is 7.22. The first-order chi connectivity index (χ1) is 12.1. The van der Waals surface area contributed by atoms with Crippen LogP contribution in [0.4, 0.5) is 5.69 Å². The van der Waals surface area contributed by atoms with Crippen LogP contribution in [0.5, 0.6) is 0 Å². The van der Waals surface area contributed by atoms with Crippen molar-refractivity contribution in [1.82, 2.24) is 5.32 Å². The van der Waals surface area contributed by atoms with E-state index in [4.69, 9.17) is 11.6 Å². The molecule has 0 aliphatic carbocycles. The van der Waals surface area contributed by atoms with Crippen molar-refractivity contribution < 1.29 is 19.5 Å². The maximum Gasteiger partial charge on any atom is 0.311 e. The molecule has 1 aromatic rings. The standard InChI is InChI=1S/C19H27ClN2O4/c1-5-19(6-2,18(25)26)11-21-17(24)14-10-13(7-8-15(14)20)22-16(23)9-12(3)4/h7-8,10,12H,5-6,9,11H2,1-4H3,(H,21,24)(H,22,23)(H,25,26). The molecular weight excluding hydrogens is 356 g/mol. The maximum atomic E-state index is 12.5. The zero-order chi connectivity index (χ0) is 19.9. The SMILES string of the molecule is CCC(CC)(CNC(=O)c1cc(NC(=O)CC(C)C)ccc1Cl)C(=O)O. The third-order valence-corrected chi connectivity index (χ3v) is 4.81. The number of hydrogen-bond acceptors (Lipinski definition) is 3. The summed E-state index contributed by atoms with van der Waals surface area (Å²) in [4.78, 5) is 35.9. The predicted octanol–water partition coefficient (Wildman–Crippen LogP) is 3.95. The molecule has 0 saturated carbocycles. The molecule has 0 fully saturated rings. The summed E-state index contributed by atoms with van der Waals surface area (Å²) < 4.78 is 0. The molecule has 2 amide bonds. The molecule has 0 saturated heterocycles. The average Bonchev–Trinajstić information content (AvgIpc) is 2.56. The molecule has 3 N–H and O–H groups in total. The van der Waals surface area contributed by atoms with Gasteiger partial charge in [0.25, 0.3) is 5.91 Å². The molecule has 0 aliphatic heterocycles. The van der Waals surface area contributed by atoms with Crippen molar-refractivity contribution in [2.45, 2.75) is 47.0 Å². The van der Waals surface area contributed by atoms with E-state index in [1.54, 1.807) is 19.9 Å². The van der Waals surface area contributed by atoms with E-state index < -0.39 is 17.3 Å². The smallest absolute Gasteiger partial charge is 0.311 e. The zero-order valence-electron chi connectivity index (χ0n) is 15.7. The number of nitrogens with one attached hydrogen (secondary N) is 2. The van der Waals surface area contributed by atoms with Gasteiger partial charge in [0.2, 0.25) is 5.91 Å². The first-order valence-corrected chi connectivity index (χ1v) is 9.14. The Balaban J connectivity index is 2.90. The minimum Gasteiger partial charge on any atom is -0.481 e. The van der Waals surface area contributed by atoms with Gasteiger partial charge in [0.05, 0.1) is 16.0 Å². The van der Waals surface area contributed by atoms with E-state index in [-0.39, 0.29) is 29.0 Å². The van der Waals surface area contributed by atoms with E-state index in [0.717, 1.165) is 0 Å². The molecule has 1 aromatic carbocycles. The highest BCUT2D eigenvalue weighted by molar-refractivity contribution is 6.34. The van der Waals surface area contributed by atoms with Crippen LogP contribution in [-0.2, 0) is 9.59 Å². The van der Waals surface area contributed by atoms with Gasteiger partial charge in [0, 0.05) is 18.7 Å². The van der Waals surface area contributed by atoms with Gasteiger partial charge in [0.1, 0.15) is 0 Å².